The second-order valence-corrected chi connectivity index (χ2v) is 24.1. The van der Waals surface area contributed by atoms with Crippen LogP contribution in [0.1, 0.15) is 262 Å². The second-order valence-electron chi connectivity index (χ2n) is 22.2. The fraction of sp³-hybridized carbons (Fsp3) is 0.612. The lowest BCUT2D eigenvalue weighted by atomic mass is 9.70. The van der Waals surface area contributed by atoms with Crippen LogP contribution in [-0.2, 0) is 24.8 Å². The number of rotatable bonds is 38. The third kappa shape index (κ3) is 15.3. The number of thiophene rings is 2. The molecule has 7 rings (SSSR count). The Morgan fingerprint density at radius 3 is 1.51 bits per heavy atom. The molecule has 1 aliphatic carbocycles. The Morgan fingerprint density at radius 1 is 0.431 bits per heavy atom. The van der Waals surface area contributed by atoms with Gasteiger partial charge >= 0.3 is 0 Å². The first-order chi connectivity index (χ1) is 35.5. The molecule has 5 heteroatoms. The van der Waals surface area contributed by atoms with Gasteiger partial charge in [0.25, 0.3) is 0 Å². The van der Waals surface area contributed by atoms with E-state index < -0.39 is 0 Å². The van der Waals surface area contributed by atoms with E-state index in [4.69, 9.17) is 10.2 Å². The van der Waals surface area contributed by atoms with E-state index in [9.17, 15) is 0 Å². The third-order valence-corrected chi connectivity index (χ3v) is 18.6. The standard InChI is InChI=1S/C67H97N3S2/c1-6-11-16-21-24-25-26-27-30-37-48-70-68-64-58(62-49-53(52-71-62)38-31-19-14-9-4)44-45-59(65(64)69-70)63-51-54(39-32-20-15-10-5)66(72-63)55-42-43-57-56-40-33-34-41-60(56)67(61(57)50-55,46-35-28-22-17-12-7-2)47-36-29-23-18-13-8-3/h33-34,40-45,49-52H,6-32,35-39,46-48H2,1-5H3. The lowest BCUT2D eigenvalue weighted by Crippen LogP contribution is -2.25. The predicted octanol–water partition coefficient (Wildman–Crippen LogP) is 22.5. The topological polar surface area (TPSA) is 30.7 Å². The molecule has 1 aliphatic rings. The van der Waals surface area contributed by atoms with Gasteiger partial charge in [-0.2, -0.15) is 15.0 Å². The Labute approximate surface area is 447 Å². The van der Waals surface area contributed by atoms with Crippen LogP contribution in [0, 0.1) is 0 Å². The van der Waals surface area contributed by atoms with E-state index in [1.165, 1.54) is 253 Å². The van der Waals surface area contributed by atoms with Crippen LogP contribution in [0.15, 0.2) is 72.1 Å². The first-order valence-corrected chi connectivity index (χ1v) is 32.1. The van der Waals surface area contributed by atoms with Gasteiger partial charge in [-0.1, -0.05) is 257 Å². The fourth-order valence-corrected chi connectivity index (χ4v) is 14.3. The molecule has 0 N–H and O–H groups in total. The van der Waals surface area contributed by atoms with Crippen molar-refractivity contribution in [1.82, 2.24) is 15.0 Å². The first-order valence-electron chi connectivity index (χ1n) is 30.4. The van der Waals surface area contributed by atoms with Gasteiger partial charge in [0.15, 0.2) is 0 Å². The molecule has 3 heterocycles. The van der Waals surface area contributed by atoms with Crippen LogP contribution >= 0.6 is 22.7 Å². The summed E-state index contributed by atoms with van der Waals surface area (Å²) in [5.41, 5.74) is 15.3. The van der Waals surface area contributed by atoms with Crippen molar-refractivity contribution in [2.24, 2.45) is 0 Å². The van der Waals surface area contributed by atoms with E-state index in [2.05, 4.69) is 112 Å². The summed E-state index contributed by atoms with van der Waals surface area (Å²) in [7, 11) is 0. The van der Waals surface area contributed by atoms with Crippen molar-refractivity contribution < 1.29 is 0 Å². The van der Waals surface area contributed by atoms with Crippen molar-refractivity contribution in [3.05, 3.63) is 94.4 Å². The summed E-state index contributed by atoms with van der Waals surface area (Å²) in [6.07, 6.45) is 44.5. The van der Waals surface area contributed by atoms with Crippen molar-refractivity contribution in [3.63, 3.8) is 0 Å². The summed E-state index contributed by atoms with van der Waals surface area (Å²) in [4.78, 5) is 6.20. The number of fused-ring (bicyclic) bond motifs is 4. The summed E-state index contributed by atoms with van der Waals surface area (Å²) < 4.78 is 0. The molecule has 0 amide bonds. The zero-order valence-corrected chi connectivity index (χ0v) is 48.0. The fourth-order valence-electron chi connectivity index (χ4n) is 12.1. The molecular formula is C67H97N3S2. The summed E-state index contributed by atoms with van der Waals surface area (Å²) in [6.45, 7) is 12.5. The number of nitrogens with zero attached hydrogens (tertiary/aromatic N) is 3. The molecule has 392 valence electrons. The molecule has 6 aromatic rings. The Hall–Kier alpha value is -3.54. The van der Waals surface area contributed by atoms with E-state index in [-0.39, 0.29) is 5.41 Å². The molecule has 3 nitrogen and oxygen atoms in total. The van der Waals surface area contributed by atoms with E-state index >= 15 is 0 Å². The van der Waals surface area contributed by atoms with Gasteiger partial charge in [0, 0.05) is 31.2 Å². The molecule has 0 spiro atoms. The van der Waals surface area contributed by atoms with E-state index in [0.717, 1.165) is 36.8 Å². The van der Waals surface area contributed by atoms with Crippen molar-refractivity contribution in [2.45, 2.75) is 265 Å². The molecular weight excluding hydrogens is 911 g/mol. The number of benzene rings is 3. The average molecular weight is 1010 g/mol. The zero-order valence-electron chi connectivity index (χ0n) is 46.3. The van der Waals surface area contributed by atoms with Crippen LogP contribution < -0.4 is 0 Å². The molecule has 3 aromatic carbocycles. The van der Waals surface area contributed by atoms with E-state index in [1.54, 1.807) is 11.1 Å². The maximum Gasteiger partial charge on any atom is 0.122 e. The van der Waals surface area contributed by atoms with Gasteiger partial charge < -0.3 is 0 Å². The van der Waals surface area contributed by atoms with Crippen molar-refractivity contribution >= 4 is 33.7 Å². The summed E-state index contributed by atoms with van der Waals surface area (Å²) >= 11 is 3.91. The van der Waals surface area contributed by atoms with E-state index in [1.807, 2.05) is 22.7 Å². The quantitative estimate of drug-likeness (QED) is 0.0362. The lowest BCUT2D eigenvalue weighted by molar-refractivity contribution is 0.398. The number of aryl methyl sites for hydroxylation is 3. The van der Waals surface area contributed by atoms with Gasteiger partial charge in [-0.05, 0) is 107 Å². The summed E-state index contributed by atoms with van der Waals surface area (Å²) in [5.74, 6) is 0. The highest BCUT2D eigenvalue weighted by Crippen LogP contribution is 2.56. The highest BCUT2D eigenvalue weighted by Gasteiger charge is 2.42. The molecule has 0 aliphatic heterocycles. The minimum atomic E-state index is 0.0741. The molecule has 0 radical (unpaired) electrons. The minimum absolute atomic E-state index is 0.0741. The molecule has 0 saturated heterocycles. The molecule has 0 unspecified atom stereocenters. The van der Waals surface area contributed by atoms with Gasteiger partial charge in [0.1, 0.15) is 11.0 Å². The number of unbranched alkanes of at least 4 members (excludes halogenated alkanes) is 25. The Kier molecular flexibility index (Phi) is 24.0. The Morgan fingerprint density at radius 2 is 0.917 bits per heavy atom. The van der Waals surface area contributed by atoms with Gasteiger partial charge in [0.2, 0.25) is 0 Å². The van der Waals surface area contributed by atoms with Crippen LogP contribution in [0.2, 0.25) is 0 Å². The summed E-state index contributed by atoms with van der Waals surface area (Å²) in [5, 5.41) is 13.2. The van der Waals surface area contributed by atoms with Crippen LogP contribution in [0.4, 0.5) is 0 Å². The van der Waals surface area contributed by atoms with Gasteiger partial charge in [-0.3, -0.25) is 0 Å². The van der Waals surface area contributed by atoms with Crippen molar-refractivity contribution in [3.8, 4) is 42.4 Å². The van der Waals surface area contributed by atoms with Crippen LogP contribution in [0.5, 0.6) is 0 Å². The van der Waals surface area contributed by atoms with Crippen molar-refractivity contribution in [2.75, 3.05) is 0 Å². The summed E-state index contributed by atoms with van der Waals surface area (Å²) in [6, 6.07) is 27.1. The third-order valence-electron chi connectivity index (χ3n) is 16.4. The SMILES string of the molecule is CCCCCCCCCCCCn1nc2c(-c3cc(CCCCCC)cs3)ccc(-c3cc(CCCCCC)c(-c4ccc5c(c4)C(CCCCCCCC)(CCCCCCCC)c4ccccc4-5)s3)c2n1. The zero-order chi connectivity index (χ0) is 50.2. The van der Waals surface area contributed by atoms with Gasteiger partial charge in [-0.25, -0.2) is 0 Å². The van der Waals surface area contributed by atoms with Crippen LogP contribution in [0.25, 0.3) is 53.5 Å². The molecule has 0 saturated carbocycles. The maximum atomic E-state index is 5.44. The van der Waals surface area contributed by atoms with Crippen LogP contribution in [0.3, 0.4) is 0 Å². The first kappa shape index (κ1) is 56.2. The average Bonchev–Trinajstić information content (AvgIpc) is 4.21. The number of aromatic nitrogens is 3. The number of hydrogen-bond donors (Lipinski definition) is 0. The molecule has 0 fully saturated rings. The predicted molar refractivity (Wildman–Crippen MR) is 319 cm³/mol. The second kappa shape index (κ2) is 30.7. The highest BCUT2D eigenvalue weighted by molar-refractivity contribution is 7.19. The lowest BCUT2D eigenvalue weighted by Gasteiger charge is -2.33. The maximum absolute atomic E-state index is 5.44. The minimum Gasteiger partial charge on any atom is -0.184 e. The van der Waals surface area contributed by atoms with Crippen LogP contribution in [-0.4, -0.2) is 15.0 Å². The smallest absolute Gasteiger partial charge is 0.122 e. The Bertz CT molecular complexity index is 2450. The van der Waals surface area contributed by atoms with Gasteiger partial charge in [0.05, 0.1) is 6.54 Å². The van der Waals surface area contributed by atoms with Gasteiger partial charge in [-0.15, -0.1) is 22.7 Å². The van der Waals surface area contributed by atoms with E-state index in [0.29, 0.717) is 0 Å². The largest absolute Gasteiger partial charge is 0.184 e. The highest BCUT2D eigenvalue weighted by atomic mass is 32.1. The normalized spacial score (nSPS) is 12.9. The van der Waals surface area contributed by atoms with Crippen molar-refractivity contribution in [1.29, 1.82) is 0 Å². The molecule has 3 aromatic heterocycles. The Balaban J connectivity index is 1.23. The molecule has 0 bridgehead atoms. The monoisotopic (exact) mass is 1010 g/mol. The molecule has 72 heavy (non-hydrogen) atoms. The number of hydrogen-bond acceptors (Lipinski definition) is 4. The molecule has 0 atom stereocenters.